The zero-order chi connectivity index (χ0) is 12.5. The van der Waals surface area contributed by atoms with Crippen molar-refractivity contribution in [3.63, 3.8) is 0 Å². The van der Waals surface area contributed by atoms with Gasteiger partial charge in [0.1, 0.15) is 0 Å². The fourth-order valence-corrected chi connectivity index (χ4v) is 2.40. The summed E-state index contributed by atoms with van der Waals surface area (Å²) in [7, 11) is 0. The van der Waals surface area contributed by atoms with Crippen molar-refractivity contribution in [3.8, 4) is 0 Å². The molecule has 92 valence electrons. The lowest BCUT2D eigenvalue weighted by Gasteiger charge is -2.13. The van der Waals surface area contributed by atoms with Crippen molar-refractivity contribution in [1.29, 1.82) is 0 Å². The van der Waals surface area contributed by atoms with Gasteiger partial charge in [-0.15, -0.1) is 0 Å². The van der Waals surface area contributed by atoms with Crippen LogP contribution in [0.1, 0.15) is 33.9 Å². The number of nitrogens with two attached hydrogens (primary N) is 1. The molecule has 3 rings (SSSR count). The van der Waals surface area contributed by atoms with E-state index in [0.29, 0.717) is 5.56 Å². The lowest BCUT2D eigenvalue weighted by atomic mass is 10.1. The number of carbonyl (C=O) groups excluding carboxylic acids is 1. The number of H-pyrrole nitrogens is 1. The van der Waals surface area contributed by atoms with E-state index in [4.69, 9.17) is 5.73 Å². The number of fused-ring (bicyclic) bond motifs is 1. The van der Waals surface area contributed by atoms with Crippen LogP contribution in [0, 0.1) is 0 Å². The third-order valence-corrected chi connectivity index (χ3v) is 3.31. The molecule has 0 saturated carbocycles. The van der Waals surface area contributed by atoms with Crippen LogP contribution in [0.2, 0.25) is 0 Å². The highest BCUT2D eigenvalue weighted by Crippen LogP contribution is 2.32. The number of nitrogens with one attached hydrogen (secondary N) is 2. The van der Waals surface area contributed by atoms with E-state index in [1.165, 1.54) is 17.3 Å². The summed E-state index contributed by atoms with van der Waals surface area (Å²) in [6, 6.07) is 5.93. The maximum absolute atomic E-state index is 11.9. The molecule has 0 bridgehead atoms. The van der Waals surface area contributed by atoms with E-state index in [1.807, 2.05) is 18.2 Å². The topological polar surface area (TPSA) is 83.8 Å². The molecular weight excluding hydrogens is 228 g/mol. The van der Waals surface area contributed by atoms with E-state index in [0.717, 1.165) is 18.5 Å². The van der Waals surface area contributed by atoms with Crippen molar-refractivity contribution < 1.29 is 4.79 Å². The van der Waals surface area contributed by atoms with Crippen LogP contribution in [0.25, 0.3) is 0 Å². The number of aryl methyl sites for hydroxylation is 1. The van der Waals surface area contributed by atoms with E-state index in [9.17, 15) is 4.79 Å². The van der Waals surface area contributed by atoms with Crippen molar-refractivity contribution in [2.24, 2.45) is 0 Å². The molecule has 0 saturated heterocycles. The Morgan fingerprint density at radius 2 is 2.39 bits per heavy atom. The maximum atomic E-state index is 11.9. The molecular formula is C13H14N4O. The van der Waals surface area contributed by atoms with E-state index in [1.54, 1.807) is 6.20 Å². The first-order chi connectivity index (χ1) is 8.74. The summed E-state index contributed by atoms with van der Waals surface area (Å²) in [6.45, 7) is 0. The lowest BCUT2D eigenvalue weighted by Crippen LogP contribution is -2.26. The molecule has 1 aromatic carbocycles. The van der Waals surface area contributed by atoms with Crippen molar-refractivity contribution in [2.75, 3.05) is 5.73 Å². The van der Waals surface area contributed by atoms with Crippen molar-refractivity contribution >= 4 is 11.6 Å². The van der Waals surface area contributed by atoms with Crippen molar-refractivity contribution in [2.45, 2.75) is 18.9 Å². The minimum absolute atomic E-state index is 0.0722. The number of nitrogens with zero attached hydrogens (tertiary/aromatic N) is 1. The van der Waals surface area contributed by atoms with Gasteiger partial charge in [-0.05, 0) is 36.1 Å². The average Bonchev–Trinajstić information content (AvgIpc) is 2.98. The summed E-state index contributed by atoms with van der Waals surface area (Å²) in [4.78, 5) is 11.9. The second-order valence-electron chi connectivity index (χ2n) is 4.51. The summed E-state index contributed by atoms with van der Waals surface area (Å²) in [5.74, 6) is -0.0987. The number of aromatic amines is 1. The second kappa shape index (κ2) is 4.18. The Balaban J connectivity index is 1.79. The minimum Gasteiger partial charge on any atom is -0.399 e. The Kier molecular flexibility index (Phi) is 2.51. The Hall–Kier alpha value is -2.30. The third-order valence-electron chi connectivity index (χ3n) is 3.31. The second-order valence-corrected chi connectivity index (χ2v) is 4.51. The van der Waals surface area contributed by atoms with E-state index in [2.05, 4.69) is 15.5 Å². The Bertz CT molecular complexity index is 577. The van der Waals surface area contributed by atoms with E-state index in [-0.39, 0.29) is 11.9 Å². The molecule has 0 aliphatic heterocycles. The molecule has 0 fully saturated rings. The van der Waals surface area contributed by atoms with Gasteiger partial charge in [0, 0.05) is 11.9 Å². The molecule has 0 spiro atoms. The molecule has 1 unspecified atom stereocenters. The van der Waals surface area contributed by atoms with Crippen LogP contribution in [0.4, 0.5) is 5.69 Å². The number of aromatic nitrogens is 2. The molecule has 5 nitrogen and oxygen atoms in total. The number of hydrogen-bond acceptors (Lipinski definition) is 3. The van der Waals surface area contributed by atoms with Gasteiger partial charge in [-0.3, -0.25) is 9.89 Å². The summed E-state index contributed by atoms with van der Waals surface area (Å²) in [5.41, 5.74) is 9.48. The molecule has 1 heterocycles. The fourth-order valence-electron chi connectivity index (χ4n) is 2.40. The highest BCUT2D eigenvalue weighted by atomic mass is 16.1. The van der Waals surface area contributed by atoms with Gasteiger partial charge >= 0.3 is 0 Å². The number of benzene rings is 1. The average molecular weight is 242 g/mol. The zero-order valence-corrected chi connectivity index (χ0v) is 9.81. The number of anilines is 1. The van der Waals surface area contributed by atoms with Crippen LogP contribution < -0.4 is 11.1 Å². The van der Waals surface area contributed by atoms with Gasteiger partial charge in [-0.25, -0.2) is 0 Å². The predicted octanol–water partition coefficient (Wildman–Crippen LogP) is 1.41. The summed E-state index contributed by atoms with van der Waals surface area (Å²) in [5, 5.41) is 9.42. The van der Waals surface area contributed by atoms with Gasteiger partial charge in [0.2, 0.25) is 0 Å². The molecule has 0 radical (unpaired) electrons. The molecule has 18 heavy (non-hydrogen) atoms. The van der Waals surface area contributed by atoms with Crippen molar-refractivity contribution in [3.05, 3.63) is 47.3 Å². The highest BCUT2D eigenvalue weighted by molar-refractivity contribution is 5.94. The van der Waals surface area contributed by atoms with Gasteiger partial charge in [0.05, 0.1) is 17.8 Å². The summed E-state index contributed by atoms with van der Waals surface area (Å²) in [6.07, 6.45) is 4.99. The van der Waals surface area contributed by atoms with Gasteiger partial charge in [-0.1, -0.05) is 6.07 Å². The molecule has 1 atom stereocenters. The normalized spacial score (nSPS) is 17.4. The lowest BCUT2D eigenvalue weighted by molar-refractivity contribution is 0.0937. The Morgan fingerprint density at radius 3 is 3.17 bits per heavy atom. The molecule has 1 aliphatic carbocycles. The largest absolute Gasteiger partial charge is 0.399 e. The maximum Gasteiger partial charge on any atom is 0.254 e. The first kappa shape index (κ1) is 10.8. The van der Waals surface area contributed by atoms with Crippen LogP contribution >= 0.6 is 0 Å². The number of hydrogen-bond donors (Lipinski definition) is 3. The fraction of sp³-hybridized carbons (Fsp3) is 0.231. The van der Waals surface area contributed by atoms with Crippen molar-refractivity contribution in [1.82, 2.24) is 15.5 Å². The van der Waals surface area contributed by atoms with Gasteiger partial charge < -0.3 is 11.1 Å². The number of carbonyl (C=O) groups is 1. The number of rotatable bonds is 2. The SMILES string of the molecule is Nc1ccc2c(c1)CCC2NC(=O)c1cn[nH]c1. The quantitative estimate of drug-likeness (QED) is 0.696. The van der Waals surface area contributed by atoms with Gasteiger partial charge in [0.25, 0.3) is 5.91 Å². The number of amides is 1. The van der Waals surface area contributed by atoms with Crippen LogP contribution in [0.3, 0.4) is 0 Å². The zero-order valence-electron chi connectivity index (χ0n) is 9.81. The summed E-state index contributed by atoms with van der Waals surface area (Å²) >= 11 is 0. The highest BCUT2D eigenvalue weighted by Gasteiger charge is 2.24. The predicted molar refractivity (Wildman–Crippen MR) is 68.0 cm³/mol. The molecule has 1 amide bonds. The van der Waals surface area contributed by atoms with Crippen LogP contribution in [-0.4, -0.2) is 16.1 Å². The van der Waals surface area contributed by atoms with E-state index < -0.39 is 0 Å². The minimum atomic E-state index is -0.0987. The van der Waals surface area contributed by atoms with Gasteiger partial charge in [-0.2, -0.15) is 5.10 Å². The van der Waals surface area contributed by atoms with E-state index >= 15 is 0 Å². The molecule has 1 aliphatic rings. The number of nitrogen functional groups attached to an aromatic ring is 1. The summed E-state index contributed by atoms with van der Waals surface area (Å²) < 4.78 is 0. The standard InChI is InChI=1S/C13H14N4O/c14-10-2-3-11-8(5-10)1-4-12(11)17-13(18)9-6-15-16-7-9/h2-3,5-7,12H,1,4,14H2,(H,15,16)(H,17,18). The van der Waals surface area contributed by atoms with Crippen LogP contribution in [0.5, 0.6) is 0 Å². The Labute approximate surface area is 104 Å². The first-order valence-electron chi connectivity index (χ1n) is 5.92. The van der Waals surface area contributed by atoms with Crippen LogP contribution in [0.15, 0.2) is 30.6 Å². The first-order valence-corrected chi connectivity index (χ1v) is 5.92. The Morgan fingerprint density at radius 1 is 1.50 bits per heavy atom. The molecule has 5 heteroatoms. The molecule has 4 N–H and O–H groups in total. The monoisotopic (exact) mass is 242 g/mol. The third kappa shape index (κ3) is 1.84. The van der Waals surface area contributed by atoms with Crippen LogP contribution in [-0.2, 0) is 6.42 Å². The van der Waals surface area contributed by atoms with Gasteiger partial charge in [0.15, 0.2) is 0 Å². The molecule has 1 aromatic heterocycles. The molecule has 2 aromatic rings. The smallest absolute Gasteiger partial charge is 0.254 e.